The van der Waals surface area contributed by atoms with E-state index in [0.29, 0.717) is 0 Å². The molecule has 0 saturated carbocycles. The van der Waals surface area contributed by atoms with E-state index in [1.165, 1.54) is 11.3 Å². The fourth-order valence-electron chi connectivity index (χ4n) is 4.24. The quantitative estimate of drug-likeness (QED) is 0.804. The van der Waals surface area contributed by atoms with E-state index in [9.17, 15) is 5.11 Å². The predicted octanol–water partition coefficient (Wildman–Crippen LogP) is 1.98. The van der Waals surface area contributed by atoms with Crippen molar-refractivity contribution in [3.05, 3.63) is 34.9 Å². The molecule has 2 aromatic heterocycles. The average Bonchev–Trinajstić information content (AvgIpc) is 3.31. The summed E-state index contributed by atoms with van der Waals surface area (Å²) in [4.78, 5) is 14.3. The van der Waals surface area contributed by atoms with E-state index in [0.717, 1.165) is 75.1 Å². The smallest absolute Gasteiger partial charge is 0.227 e. The van der Waals surface area contributed by atoms with E-state index in [1.54, 1.807) is 0 Å². The van der Waals surface area contributed by atoms with Gasteiger partial charge in [0.25, 0.3) is 0 Å². The molecule has 2 N–H and O–H groups in total. The van der Waals surface area contributed by atoms with E-state index in [4.69, 9.17) is 14.4 Å². The molecule has 4 rings (SSSR count). The molecule has 2 aromatic rings. The first kappa shape index (κ1) is 18.3. The molecule has 0 radical (unpaired) electrons. The van der Waals surface area contributed by atoms with E-state index in [-0.39, 0.29) is 12.6 Å². The van der Waals surface area contributed by atoms with Gasteiger partial charge in [-0.3, -0.25) is 4.90 Å². The Balaban J connectivity index is 1.51. The van der Waals surface area contributed by atoms with Crippen LogP contribution in [0.5, 0.6) is 0 Å². The lowest BCUT2D eigenvalue weighted by molar-refractivity contribution is 0.126. The van der Waals surface area contributed by atoms with Crippen molar-refractivity contribution in [2.24, 2.45) is 0 Å². The van der Waals surface area contributed by atoms with Gasteiger partial charge in [0.15, 0.2) is 0 Å². The molecule has 7 heteroatoms. The molecule has 1 aliphatic carbocycles. The third kappa shape index (κ3) is 3.80. The topological polar surface area (TPSA) is 77.7 Å². The van der Waals surface area contributed by atoms with Gasteiger partial charge in [-0.2, -0.15) is 4.98 Å². The number of aliphatic hydroxyl groups excluding tert-OH is 1. The maximum atomic E-state index is 9.56. The second kappa shape index (κ2) is 7.86. The Labute approximate surface area is 160 Å². The molecule has 2 aliphatic rings. The zero-order valence-corrected chi connectivity index (χ0v) is 16.2. The standard InChI is InChI=1S/C20H29N5O2/c1-14-6-7-16(27-14)13-24-9-10-25(12-15(24)8-11-26)20-22-18-5-3-4-17(18)19(21-2)23-20/h6-7,15,26H,3-5,8-13H2,1-2H3,(H,21,22,23)/t15-/m1/s1. The van der Waals surface area contributed by atoms with Gasteiger partial charge in [-0.15, -0.1) is 0 Å². The molecular weight excluding hydrogens is 342 g/mol. The number of piperazine rings is 1. The van der Waals surface area contributed by atoms with Crippen molar-refractivity contribution >= 4 is 11.8 Å². The molecule has 1 atom stereocenters. The first-order valence-electron chi connectivity index (χ1n) is 9.90. The van der Waals surface area contributed by atoms with Crippen LogP contribution in [0.1, 0.15) is 35.6 Å². The molecule has 0 bridgehead atoms. The highest BCUT2D eigenvalue weighted by atomic mass is 16.3. The zero-order chi connectivity index (χ0) is 18.8. The summed E-state index contributed by atoms with van der Waals surface area (Å²) in [7, 11) is 1.93. The highest BCUT2D eigenvalue weighted by Gasteiger charge is 2.30. The number of hydrogen-bond acceptors (Lipinski definition) is 7. The van der Waals surface area contributed by atoms with E-state index in [2.05, 4.69) is 15.1 Å². The van der Waals surface area contributed by atoms with Crippen molar-refractivity contribution in [2.75, 3.05) is 43.5 Å². The van der Waals surface area contributed by atoms with Crippen molar-refractivity contribution < 1.29 is 9.52 Å². The number of nitrogens with one attached hydrogen (secondary N) is 1. The fraction of sp³-hybridized carbons (Fsp3) is 0.600. The van der Waals surface area contributed by atoms with Crippen LogP contribution in [-0.4, -0.2) is 59.3 Å². The van der Waals surface area contributed by atoms with E-state index < -0.39 is 0 Å². The van der Waals surface area contributed by atoms with E-state index in [1.807, 2.05) is 26.1 Å². The number of aryl methyl sites for hydroxylation is 2. The Morgan fingerprint density at radius 2 is 2.15 bits per heavy atom. The van der Waals surface area contributed by atoms with Crippen molar-refractivity contribution in [1.29, 1.82) is 0 Å². The summed E-state index contributed by atoms with van der Waals surface area (Å²) in [5.74, 6) is 3.71. The first-order chi connectivity index (χ1) is 13.2. The minimum atomic E-state index is 0.180. The lowest BCUT2D eigenvalue weighted by atomic mass is 10.1. The summed E-state index contributed by atoms with van der Waals surface area (Å²) in [6.07, 6.45) is 4.00. The Kier molecular flexibility index (Phi) is 5.31. The van der Waals surface area contributed by atoms with Gasteiger partial charge in [0, 0.05) is 44.9 Å². The average molecular weight is 371 g/mol. The molecule has 0 spiro atoms. The third-order valence-electron chi connectivity index (χ3n) is 5.66. The number of aliphatic hydroxyl groups is 1. The van der Waals surface area contributed by atoms with Crippen LogP contribution in [0.2, 0.25) is 0 Å². The van der Waals surface area contributed by atoms with Gasteiger partial charge in [-0.1, -0.05) is 0 Å². The molecule has 0 unspecified atom stereocenters. The minimum absolute atomic E-state index is 0.180. The summed E-state index contributed by atoms with van der Waals surface area (Å²) >= 11 is 0. The Morgan fingerprint density at radius 3 is 2.89 bits per heavy atom. The summed E-state index contributed by atoms with van der Waals surface area (Å²) < 4.78 is 5.75. The maximum Gasteiger partial charge on any atom is 0.227 e. The van der Waals surface area contributed by atoms with Crippen molar-refractivity contribution in [3.63, 3.8) is 0 Å². The van der Waals surface area contributed by atoms with Crippen LogP contribution in [0, 0.1) is 6.92 Å². The van der Waals surface area contributed by atoms with Gasteiger partial charge in [0.05, 0.1) is 12.2 Å². The van der Waals surface area contributed by atoms with Crippen LogP contribution >= 0.6 is 0 Å². The summed E-state index contributed by atoms with van der Waals surface area (Å²) in [5.41, 5.74) is 2.47. The molecule has 0 aromatic carbocycles. The van der Waals surface area contributed by atoms with Gasteiger partial charge in [-0.05, 0) is 44.7 Å². The molecule has 1 saturated heterocycles. The maximum absolute atomic E-state index is 9.56. The molecule has 27 heavy (non-hydrogen) atoms. The summed E-state index contributed by atoms with van der Waals surface area (Å²) in [6, 6.07) is 4.30. The second-order valence-corrected chi connectivity index (χ2v) is 7.50. The molecule has 0 amide bonds. The largest absolute Gasteiger partial charge is 0.465 e. The fourth-order valence-corrected chi connectivity index (χ4v) is 4.24. The number of fused-ring (bicyclic) bond motifs is 1. The molecule has 1 aliphatic heterocycles. The van der Waals surface area contributed by atoms with Crippen LogP contribution < -0.4 is 10.2 Å². The van der Waals surface area contributed by atoms with Crippen molar-refractivity contribution in [2.45, 2.75) is 45.2 Å². The number of nitrogens with zero attached hydrogens (tertiary/aromatic N) is 4. The lowest BCUT2D eigenvalue weighted by Crippen LogP contribution is -2.53. The van der Waals surface area contributed by atoms with Gasteiger partial charge < -0.3 is 19.7 Å². The van der Waals surface area contributed by atoms with Gasteiger partial charge >= 0.3 is 0 Å². The van der Waals surface area contributed by atoms with E-state index >= 15 is 0 Å². The third-order valence-corrected chi connectivity index (χ3v) is 5.66. The van der Waals surface area contributed by atoms with Crippen molar-refractivity contribution in [3.8, 4) is 0 Å². The highest BCUT2D eigenvalue weighted by molar-refractivity contribution is 5.53. The van der Waals surface area contributed by atoms with Crippen LogP contribution in [0.15, 0.2) is 16.5 Å². The molecule has 1 fully saturated rings. The normalized spacial score (nSPS) is 20.1. The Hall–Kier alpha value is -2.12. The first-order valence-corrected chi connectivity index (χ1v) is 9.90. The predicted molar refractivity (Wildman–Crippen MR) is 105 cm³/mol. The molecule has 7 nitrogen and oxygen atoms in total. The van der Waals surface area contributed by atoms with Gasteiger partial charge in [-0.25, -0.2) is 4.98 Å². The number of rotatable bonds is 6. The molecule has 146 valence electrons. The lowest BCUT2D eigenvalue weighted by Gasteiger charge is -2.41. The summed E-state index contributed by atoms with van der Waals surface area (Å²) in [6.45, 7) is 5.53. The number of furan rings is 1. The molecular formula is C20H29N5O2. The van der Waals surface area contributed by atoms with Crippen molar-refractivity contribution in [1.82, 2.24) is 14.9 Å². The van der Waals surface area contributed by atoms with Crippen LogP contribution in [0.25, 0.3) is 0 Å². The molecule has 3 heterocycles. The van der Waals surface area contributed by atoms with Crippen LogP contribution in [-0.2, 0) is 19.4 Å². The minimum Gasteiger partial charge on any atom is -0.465 e. The Bertz CT molecular complexity index is 791. The van der Waals surface area contributed by atoms with Gasteiger partial charge in [0.2, 0.25) is 5.95 Å². The van der Waals surface area contributed by atoms with Gasteiger partial charge in [0.1, 0.15) is 17.3 Å². The zero-order valence-electron chi connectivity index (χ0n) is 16.2. The van der Waals surface area contributed by atoms with Crippen LogP contribution in [0.3, 0.4) is 0 Å². The summed E-state index contributed by atoms with van der Waals surface area (Å²) in [5, 5.41) is 12.8. The number of anilines is 2. The number of aromatic nitrogens is 2. The highest BCUT2D eigenvalue weighted by Crippen LogP contribution is 2.29. The van der Waals surface area contributed by atoms with Crippen LogP contribution in [0.4, 0.5) is 11.8 Å². The number of hydrogen-bond donors (Lipinski definition) is 2. The Morgan fingerprint density at radius 1 is 1.26 bits per heavy atom. The SMILES string of the molecule is CNc1nc(N2CCN(Cc3ccc(C)o3)[C@H](CCO)C2)nc2c1CCC2. The second-order valence-electron chi connectivity index (χ2n) is 7.50. The monoisotopic (exact) mass is 371 g/mol.